The number of fused-ring (bicyclic) bond motifs is 1. The Balaban J connectivity index is 0.00000110. The molecular formula is C38H44CoN2O6. The Morgan fingerprint density at radius 3 is 1.21 bits per heavy atom. The first-order chi connectivity index (χ1) is 21.2. The molecule has 0 saturated heterocycles. The van der Waals surface area contributed by atoms with Crippen LogP contribution in [0.25, 0.3) is 10.8 Å². The smallest absolute Gasteiger partial charge is 0.550 e. The summed E-state index contributed by atoms with van der Waals surface area (Å²) in [6.45, 7) is 18.7. The molecule has 4 aromatic rings. The summed E-state index contributed by atoms with van der Waals surface area (Å²) >= 11 is 0. The molecule has 47 heavy (non-hydrogen) atoms. The molecule has 0 aromatic heterocycles. The van der Waals surface area contributed by atoms with Crippen LogP contribution in [-0.4, -0.2) is 34.6 Å². The van der Waals surface area contributed by atoms with Crippen molar-refractivity contribution < 1.29 is 46.8 Å². The number of carbonyl (C=O) groups is 2. The molecule has 0 aliphatic heterocycles. The maximum Gasteiger partial charge on any atom is 2.00 e. The molecule has 8 nitrogen and oxygen atoms in total. The predicted octanol–water partition coefficient (Wildman–Crippen LogP) is 6.47. The summed E-state index contributed by atoms with van der Waals surface area (Å²) in [6.07, 6.45) is 3.42. The van der Waals surface area contributed by atoms with Crippen molar-refractivity contribution >= 4 is 46.5 Å². The minimum absolute atomic E-state index is 0. The van der Waals surface area contributed by atoms with Gasteiger partial charge in [0.2, 0.25) is 0 Å². The summed E-state index contributed by atoms with van der Waals surface area (Å²) in [7, 11) is 0. The minimum Gasteiger partial charge on any atom is -0.550 e. The predicted molar refractivity (Wildman–Crippen MR) is 183 cm³/mol. The first kappa shape index (κ1) is 40.6. The van der Waals surface area contributed by atoms with Crippen molar-refractivity contribution in [3.8, 4) is 11.5 Å². The molecule has 0 aliphatic carbocycles. The summed E-state index contributed by atoms with van der Waals surface area (Å²) in [5, 5.41) is 41.4. The molecule has 4 aromatic carbocycles. The molecule has 0 aliphatic rings. The molecule has 9 heteroatoms. The number of carbonyl (C=O) groups excluding carboxylic acids is 2. The normalized spacial score (nSPS) is 11.4. The fourth-order valence-corrected chi connectivity index (χ4v) is 4.38. The zero-order valence-electron chi connectivity index (χ0n) is 28.7. The standard InChI is InChI=1S/C34H38N2O2.2C2H4O2.Co/c1-21-13-27(33(3,4)5)15-25(31(21)37)19-35-29-17-23-11-9-10-12-24(23)18-30(29)36-20-26-16-28(34(6,7)8)14-22(2)32(26)38;2*1-2(3)4;/h9-20,37-38H,1-8H3;2*1H3,(H,3,4);/q;;;+2/p-2. The number of aliphatic carboxylic acids is 2. The van der Waals surface area contributed by atoms with E-state index in [1.54, 1.807) is 12.4 Å². The maximum absolute atomic E-state index is 10.8. The number of benzene rings is 4. The van der Waals surface area contributed by atoms with Crippen LogP contribution >= 0.6 is 0 Å². The number of aryl methyl sites for hydroxylation is 2. The van der Waals surface area contributed by atoms with Crippen LogP contribution in [0.4, 0.5) is 11.4 Å². The quantitative estimate of drug-likeness (QED) is 0.236. The van der Waals surface area contributed by atoms with Gasteiger partial charge >= 0.3 is 16.8 Å². The van der Waals surface area contributed by atoms with E-state index in [-0.39, 0.29) is 39.1 Å². The van der Waals surface area contributed by atoms with Crippen molar-refractivity contribution in [3.05, 3.63) is 94.0 Å². The van der Waals surface area contributed by atoms with E-state index in [0.717, 1.165) is 46.9 Å². The van der Waals surface area contributed by atoms with E-state index in [9.17, 15) is 10.2 Å². The van der Waals surface area contributed by atoms with Gasteiger partial charge in [0.05, 0.1) is 11.4 Å². The number of phenols is 2. The zero-order chi connectivity index (χ0) is 35.0. The Morgan fingerprint density at radius 1 is 0.638 bits per heavy atom. The topological polar surface area (TPSA) is 145 Å². The van der Waals surface area contributed by atoms with Gasteiger partial charge in [-0.3, -0.25) is 9.98 Å². The van der Waals surface area contributed by atoms with Gasteiger partial charge in [-0.2, -0.15) is 0 Å². The van der Waals surface area contributed by atoms with E-state index < -0.39 is 11.9 Å². The van der Waals surface area contributed by atoms with Crippen LogP contribution in [0, 0.1) is 13.8 Å². The third-order valence-electron chi connectivity index (χ3n) is 6.92. The van der Waals surface area contributed by atoms with Gasteiger partial charge in [0.1, 0.15) is 11.5 Å². The minimum atomic E-state index is -1.08. The van der Waals surface area contributed by atoms with E-state index in [1.807, 2.05) is 74.5 Å². The van der Waals surface area contributed by atoms with Gasteiger partial charge in [-0.25, -0.2) is 0 Å². The molecule has 0 saturated carbocycles. The first-order valence-corrected chi connectivity index (χ1v) is 14.8. The molecule has 0 heterocycles. The Morgan fingerprint density at radius 2 is 0.936 bits per heavy atom. The molecule has 0 spiro atoms. The van der Waals surface area contributed by atoms with Crippen LogP contribution in [0.1, 0.15) is 88.8 Å². The molecule has 4 rings (SSSR count). The molecule has 0 atom stereocenters. The Hall–Kier alpha value is -4.47. The van der Waals surface area contributed by atoms with Gasteiger partial charge < -0.3 is 30.0 Å². The number of carboxylic acid groups (broad SMARTS) is 2. The van der Waals surface area contributed by atoms with Gasteiger partial charge in [-0.15, -0.1) is 0 Å². The monoisotopic (exact) mass is 683 g/mol. The SMILES string of the molecule is CC(=O)[O-].CC(=O)[O-].Cc1cc(C(C)(C)C)cc(C=Nc2cc3ccccc3cc2N=Cc2cc(C(C)(C)C)cc(C)c2O)c1O.[Co+2]. The summed E-state index contributed by atoms with van der Waals surface area (Å²) < 4.78 is 0. The third kappa shape index (κ3) is 12.3. The Bertz CT molecular complexity index is 1640. The van der Waals surface area contributed by atoms with E-state index in [1.165, 1.54) is 0 Å². The van der Waals surface area contributed by atoms with E-state index in [0.29, 0.717) is 22.5 Å². The van der Waals surface area contributed by atoms with Crippen molar-refractivity contribution in [3.63, 3.8) is 0 Å². The molecular weight excluding hydrogens is 639 g/mol. The zero-order valence-corrected chi connectivity index (χ0v) is 29.7. The molecule has 0 bridgehead atoms. The summed E-state index contributed by atoms with van der Waals surface area (Å²) in [5.74, 6) is -1.71. The van der Waals surface area contributed by atoms with Crippen molar-refractivity contribution in [1.29, 1.82) is 0 Å². The second-order valence-corrected chi connectivity index (χ2v) is 13.1. The Kier molecular flexibility index (Phi) is 14.6. The van der Waals surface area contributed by atoms with Crippen molar-refractivity contribution in [1.82, 2.24) is 0 Å². The fraction of sp³-hybridized carbons (Fsp3) is 0.316. The van der Waals surface area contributed by atoms with Gasteiger partial charge in [-0.1, -0.05) is 77.9 Å². The number of aliphatic imine (C=N–C) groups is 2. The van der Waals surface area contributed by atoms with Crippen LogP contribution in [0.15, 0.2) is 70.6 Å². The van der Waals surface area contributed by atoms with E-state index in [4.69, 9.17) is 29.8 Å². The number of aromatic hydroxyl groups is 2. The van der Waals surface area contributed by atoms with Crippen LogP contribution in [0.5, 0.6) is 11.5 Å². The summed E-state index contributed by atoms with van der Waals surface area (Å²) in [6, 6.07) is 20.1. The van der Waals surface area contributed by atoms with Crippen molar-refractivity contribution in [2.45, 2.75) is 80.1 Å². The summed E-state index contributed by atoms with van der Waals surface area (Å²) in [4.78, 5) is 27.4. The third-order valence-corrected chi connectivity index (χ3v) is 6.92. The average Bonchev–Trinajstić information content (AvgIpc) is 2.92. The molecule has 251 valence electrons. The number of rotatable bonds is 4. The molecule has 1 radical (unpaired) electrons. The van der Waals surface area contributed by atoms with E-state index >= 15 is 0 Å². The Labute approximate surface area is 288 Å². The summed E-state index contributed by atoms with van der Waals surface area (Å²) in [5.41, 5.74) is 6.50. The fourth-order valence-electron chi connectivity index (χ4n) is 4.38. The first-order valence-electron chi connectivity index (χ1n) is 14.8. The molecule has 0 unspecified atom stereocenters. The molecule has 2 N–H and O–H groups in total. The van der Waals surface area contributed by atoms with Crippen LogP contribution in [0.3, 0.4) is 0 Å². The number of nitrogens with zero attached hydrogens (tertiary/aromatic N) is 2. The average molecular weight is 684 g/mol. The second kappa shape index (κ2) is 16.9. The van der Waals surface area contributed by atoms with Crippen LogP contribution in [-0.2, 0) is 37.2 Å². The maximum atomic E-state index is 10.8. The number of phenolic OH excluding ortho intramolecular Hbond substituents is 2. The van der Waals surface area contributed by atoms with Gasteiger partial charge in [0, 0.05) is 35.5 Å². The van der Waals surface area contributed by atoms with Crippen molar-refractivity contribution in [2.24, 2.45) is 9.98 Å². The number of hydrogen-bond acceptors (Lipinski definition) is 8. The van der Waals surface area contributed by atoms with Gasteiger partial charge in [0.15, 0.2) is 0 Å². The van der Waals surface area contributed by atoms with Gasteiger partial charge in [0.25, 0.3) is 0 Å². The number of hydrogen-bond donors (Lipinski definition) is 2. The molecule has 0 fully saturated rings. The van der Waals surface area contributed by atoms with Crippen LogP contribution < -0.4 is 10.2 Å². The number of carboxylic acids is 2. The second-order valence-electron chi connectivity index (χ2n) is 13.1. The van der Waals surface area contributed by atoms with Crippen LogP contribution in [0.2, 0.25) is 0 Å². The molecule has 0 amide bonds. The van der Waals surface area contributed by atoms with Gasteiger partial charge in [-0.05, 0) is 95.8 Å². The van der Waals surface area contributed by atoms with Crippen molar-refractivity contribution in [2.75, 3.05) is 0 Å². The largest absolute Gasteiger partial charge is 2.00 e. The van der Waals surface area contributed by atoms with E-state index in [2.05, 4.69) is 41.5 Å².